The summed E-state index contributed by atoms with van der Waals surface area (Å²) in [6.07, 6.45) is 13.5. The van der Waals surface area contributed by atoms with Crippen LogP contribution in [0.3, 0.4) is 0 Å². The summed E-state index contributed by atoms with van der Waals surface area (Å²) in [5.41, 5.74) is 11.8. The third kappa shape index (κ3) is 5.37. The quantitative estimate of drug-likeness (QED) is 0.383. The van der Waals surface area contributed by atoms with Crippen LogP contribution in [0.15, 0.2) is 48.5 Å². The highest BCUT2D eigenvalue weighted by Crippen LogP contribution is 2.48. The maximum atomic E-state index is 5.90. The summed E-state index contributed by atoms with van der Waals surface area (Å²) in [6, 6.07) is 17.6. The van der Waals surface area contributed by atoms with Crippen LogP contribution in [0.5, 0.6) is 0 Å². The molecule has 1 heteroatoms. The largest absolute Gasteiger partial charge is 0.399 e. The molecule has 0 heterocycles. The smallest absolute Gasteiger partial charge is 0.0314 e. The summed E-state index contributed by atoms with van der Waals surface area (Å²) in [7, 11) is 0. The molecule has 0 saturated heterocycles. The second kappa shape index (κ2) is 9.44. The van der Waals surface area contributed by atoms with E-state index in [9.17, 15) is 0 Å². The van der Waals surface area contributed by atoms with Crippen LogP contribution in [-0.2, 0) is 6.42 Å². The van der Waals surface area contributed by atoms with Gasteiger partial charge in [0.1, 0.15) is 0 Å². The summed E-state index contributed by atoms with van der Waals surface area (Å²) in [6.45, 7) is 4.58. The number of hydrogen-bond acceptors (Lipinski definition) is 1. The molecular weight excluding hydrogens is 326 g/mol. The maximum Gasteiger partial charge on any atom is 0.0314 e. The molecular formula is C26H37N. The molecule has 3 rings (SSSR count). The van der Waals surface area contributed by atoms with Crippen molar-refractivity contribution in [1.29, 1.82) is 0 Å². The normalized spacial score (nSPS) is 22.7. The molecule has 0 bridgehead atoms. The van der Waals surface area contributed by atoms with E-state index in [-0.39, 0.29) is 0 Å². The van der Waals surface area contributed by atoms with Crippen LogP contribution in [0.25, 0.3) is 0 Å². The number of unbranched alkanes of at least 4 members (excludes halogenated alkanes) is 3. The van der Waals surface area contributed by atoms with Crippen LogP contribution in [0.2, 0.25) is 0 Å². The van der Waals surface area contributed by atoms with Crippen LogP contribution in [-0.4, -0.2) is 0 Å². The molecule has 0 aromatic heterocycles. The summed E-state index contributed by atoms with van der Waals surface area (Å²) in [5.74, 6) is 0.751. The zero-order valence-electron chi connectivity index (χ0n) is 17.3. The van der Waals surface area contributed by atoms with E-state index in [0.717, 1.165) is 11.6 Å². The zero-order valence-corrected chi connectivity index (χ0v) is 17.3. The van der Waals surface area contributed by atoms with Crippen molar-refractivity contribution in [2.45, 2.75) is 84.0 Å². The van der Waals surface area contributed by atoms with Crippen LogP contribution in [0.1, 0.15) is 87.3 Å². The Morgan fingerprint density at radius 1 is 0.926 bits per heavy atom. The Kier molecular flexibility index (Phi) is 6.99. The molecule has 0 radical (unpaired) electrons. The number of benzene rings is 2. The van der Waals surface area contributed by atoms with Crippen LogP contribution in [0.4, 0.5) is 5.69 Å². The highest BCUT2D eigenvalue weighted by molar-refractivity contribution is 5.39. The highest BCUT2D eigenvalue weighted by atomic mass is 14.5. The SMILES string of the molecule is CCCCCCC1(Cc2ccc(N)cc2)CCC(c2ccccc2C)CC1. The monoisotopic (exact) mass is 363 g/mol. The zero-order chi connectivity index (χ0) is 19.1. The number of aryl methyl sites for hydroxylation is 1. The van der Waals surface area contributed by atoms with Gasteiger partial charge in [-0.2, -0.15) is 0 Å². The molecule has 1 fully saturated rings. The fraction of sp³-hybridized carbons (Fsp3) is 0.538. The van der Waals surface area contributed by atoms with Gasteiger partial charge >= 0.3 is 0 Å². The summed E-state index contributed by atoms with van der Waals surface area (Å²) >= 11 is 0. The van der Waals surface area contributed by atoms with E-state index >= 15 is 0 Å². The molecule has 0 amide bonds. The second-order valence-corrected chi connectivity index (χ2v) is 8.86. The maximum absolute atomic E-state index is 5.90. The molecule has 0 atom stereocenters. The van der Waals surface area contributed by atoms with Crippen molar-refractivity contribution in [3.8, 4) is 0 Å². The van der Waals surface area contributed by atoms with Crippen molar-refractivity contribution in [2.24, 2.45) is 5.41 Å². The average Bonchev–Trinajstić information content (AvgIpc) is 2.69. The standard InChI is InChI=1S/C26H37N/c1-3-4-5-8-17-26(20-22-11-13-24(27)14-12-22)18-15-23(16-19-26)25-10-7-6-9-21(25)2/h6-7,9-14,23H,3-5,8,15-20,27H2,1-2H3. The van der Waals surface area contributed by atoms with Crippen molar-refractivity contribution in [3.63, 3.8) is 0 Å². The lowest BCUT2D eigenvalue weighted by Crippen LogP contribution is -2.29. The Hall–Kier alpha value is -1.76. The van der Waals surface area contributed by atoms with Gasteiger partial charge in [0.15, 0.2) is 0 Å². The van der Waals surface area contributed by atoms with Crippen LogP contribution >= 0.6 is 0 Å². The van der Waals surface area contributed by atoms with Gasteiger partial charge < -0.3 is 5.73 Å². The first-order chi connectivity index (χ1) is 13.1. The third-order valence-electron chi connectivity index (χ3n) is 6.79. The van der Waals surface area contributed by atoms with Crippen molar-refractivity contribution in [1.82, 2.24) is 0 Å². The topological polar surface area (TPSA) is 26.0 Å². The summed E-state index contributed by atoms with van der Waals surface area (Å²) in [5, 5.41) is 0. The van der Waals surface area contributed by atoms with E-state index in [1.165, 1.54) is 75.3 Å². The molecule has 0 aliphatic heterocycles. The highest BCUT2D eigenvalue weighted by Gasteiger charge is 2.35. The van der Waals surface area contributed by atoms with Crippen molar-refractivity contribution < 1.29 is 0 Å². The predicted octanol–water partition coefficient (Wildman–Crippen LogP) is 7.43. The minimum atomic E-state index is 0.489. The molecule has 1 saturated carbocycles. The lowest BCUT2D eigenvalue weighted by molar-refractivity contribution is 0.152. The summed E-state index contributed by atoms with van der Waals surface area (Å²) < 4.78 is 0. The van der Waals surface area contributed by atoms with Crippen molar-refractivity contribution in [2.75, 3.05) is 5.73 Å². The van der Waals surface area contributed by atoms with Gasteiger partial charge in [-0.05, 0) is 85.6 Å². The van der Waals surface area contributed by atoms with E-state index in [4.69, 9.17) is 5.73 Å². The number of nitrogen functional groups attached to an aromatic ring is 1. The van der Waals surface area contributed by atoms with Gasteiger partial charge in [-0.25, -0.2) is 0 Å². The Morgan fingerprint density at radius 2 is 1.63 bits per heavy atom. The molecule has 0 unspecified atom stereocenters. The number of rotatable bonds is 8. The van der Waals surface area contributed by atoms with Gasteiger partial charge in [0.2, 0.25) is 0 Å². The second-order valence-electron chi connectivity index (χ2n) is 8.86. The van der Waals surface area contributed by atoms with Gasteiger partial charge in [0.25, 0.3) is 0 Å². The van der Waals surface area contributed by atoms with Crippen molar-refractivity contribution >= 4 is 5.69 Å². The van der Waals surface area contributed by atoms with Gasteiger partial charge in [0, 0.05) is 5.69 Å². The molecule has 2 N–H and O–H groups in total. The van der Waals surface area contributed by atoms with E-state index in [1.54, 1.807) is 5.56 Å². The predicted molar refractivity (Wildman–Crippen MR) is 118 cm³/mol. The molecule has 1 aliphatic rings. The fourth-order valence-electron chi connectivity index (χ4n) is 5.10. The van der Waals surface area contributed by atoms with Gasteiger partial charge in [-0.15, -0.1) is 0 Å². The van der Waals surface area contributed by atoms with E-state index in [0.29, 0.717) is 5.41 Å². The first kappa shape index (κ1) is 20.0. The number of nitrogens with two attached hydrogens (primary N) is 1. The van der Waals surface area contributed by atoms with Gasteiger partial charge in [-0.3, -0.25) is 0 Å². The lowest BCUT2D eigenvalue weighted by Gasteiger charge is -2.41. The molecule has 146 valence electrons. The van der Waals surface area contributed by atoms with Crippen LogP contribution in [0, 0.1) is 12.3 Å². The fourth-order valence-corrected chi connectivity index (χ4v) is 5.10. The molecule has 27 heavy (non-hydrogen) atoms. The van der Waals surface area contributed by atoms with E-state index < -0.39 is 0 Å². The van der Waals surface area contributed by atoms with Crippen LogP contribution < -0.4 is 5.73 Å². The summed E-state index contributed by atoms with van der Waals surface area (Å²) in [4.78, 5) is 0. The molecule has 2 aromatic carbocycles. The van der Waals surface area contributed by atoms with Crippen molar-refractivity contribution in [3.05, 3.63) is 65.2 Å². The molecule has 1 aliphatic carbocycles. The van der Waals surface area contributed by atoms with E-state index in [1.807, 2.05) is 0 Å². The van der Waals surface area contributed by atoms with Gasteiger partial charge in [0.05, 0.1) is 0 Å². The molecule has 0 spiro atoms. The van der Waals surface area contributed by atoms with Gasteiger partial charge in [-0.1, -0.05) is 69.0 Å². The average molecular weight is 364 g/mol. The first-order valence-corrected chi connectivity index (χ1v) is 11.0. The number of anilines is 1. The Labute approximate surface area is 166 Å². The van der Waals surface area contributed by atoms with E-state index in [2.05, 4.69) is 62.4 Å². The molecule has 2 aromatic rings. The lowest BCUT2D eigenvalue weighted by atomic mass is 9.64. The molecule has 1 nitrogen and oxygen atoms in total. The Bertz CT molecular complexity index is 692. The first-order valence-electron chi connectivity index (χ1n) is 11.0. The third-order valence-corrected chi connectivity index (χ3v) is 6.79. The Balaban J connectivity index is 1.69. The Morgan fingerprint density at radius 3 is 2.30 bits per heavy atom. The minimum Gasteiger partial charge on any atom is -0.399 e. The minimum absolute atomic E-state index is 0.489. The number of hydrogen-bond donors (Lipinski definition) is 1.